The molecule has 108 valence electrons. The van der Waals surface area contributed by atoms with Crippen LogP contribution in [0.3, 0.4) is 0 Å². The summed E-state index contributed by atoms with van der Waals surface area (Å²) in [7, 11) is 1.64. The van der Waals surface area contributed by atoms with Crippen molar-refractivity contribution in [3.63, 3.8) is 0 Å². The zero-order valence-electron chi connectivity index (χ0n) is 12.2. The van der Waals surface area contributed by atoms with Gasteiger partial charge in [-0.05, 0) is 43.4 Å². The number of methoxy groups -OCH3 is 1. The van der Waals surface area contributed by atoms with Crippen LogP contribution in [0.1, 0.15) is 50.7 Å². The lowest BCUT2D eigenvalue weighted by atomic mass is 9.93. The molecule has 0 aliphatic heterocycles. The Morgan fingerprint density at radius 3 is 2.55 bits per heavy atom. The van der Waals surface area contributed by atoms with Gasteiger partial charge in [0, 0.05) is 13.3 Å². The molecular weight excluding hydrogens is 252 g/mol. The van der Waals surface area contributed by atoms with E-state index in [1.807, 2.05) is 24.3 Å². The van der Waals surface area contributed by atoms with Crippen molar-refractivity contribution >= 4 is 5.97 Å². The third kappa shape index (κ3) is 4.12. The number of rotatable bonds is 5. The van der Waals surface area contributed by atoms with Gasteiger partial charge in [0.25, 0.3) is 0 Å². The quantitative estimate of drug-likeness (QED) is 0.596. The Balaban J connectivity index is 2.12. The Labute approximate surface area is 120 Å². The van der Waals surface area contributed by atoms with E-state index in [-0.39, 0.29) is 12.1 Å². The van der Waals surface area contributed by atoms with E-state index in [2.05, 4.69) is 6.08 Å². The standard InChI is InChI=1S/C17H22O3/c1-13(18)20-17(12-14-6-4-3-5-7-14)15-8-10-16(19-2)11-9-15/h6,8-11,17H,3-5,7,12H2,1-2H3. The molecule has 3 heteroatoms. The summed E-state index contributed by atoms with van der Waals surface area (Å²) in [6, 6.07) is 7.74. The van der Waals surface area contributed by atoms with Crippen LogP contribution < -0.4 is 4.74 Å². The van der Waals surface area contributed by atoms with Gasteiger partial charge in [-0.3, -0.25) is 4.79 Å². The van der Waals surface area contributed by atoms with Gasteiger partial charge in [-0.15, -0.1) is 0 Å². The number of ether oxygens (including phenoxy) is 2. The third-order valence-electron chi connectivity index (χ3n) is 3.63. The van der Waals surface area contributed by atoms with Crippen molar-refractivity contribution in [3.8, 4) is 5.75 Å². The maximum Gasteiger partial charge on any atom is 0.303 e. The van der Waals surface area contributed by atoms with Crippen LogP contribution in [0.25, 0.3) is 0 Å². The minimum Gasteiger partial charge on any atom is -0.497 e. The first-order valence-electron chi connectivity index (χ1n) is 7.18. The zero-order chi connectivity index (χ0) is 14.4. The molecule has 0 amide bonds. The monoisotopic (exact) mass is 274 g/mol. The first-order valence-corrected chi connectivity index (χ1v) is 7.18. The lowest BCUT2D eigenvalue weighted by Crippen LogP contribution is -2.10. The van der Waals surface area contributed by atoms with Crippen LogP contribution in [0.5, 0.6) is 5.75 Å². The van der Waals surface area contributed by atoms with Gasteiger partial charge in [0.1, 0.15) is 11.9 Å². The molecule has 1 aliphatic rings. The molecule has 3 nitrogen and oxygen atoms in total. The normalized spacial score (nSPS) is 16.2. The van der Waals surface area contributed by atoms with E-state index in [1.54, 1.807) is 7.11 Å². The van der Waals surface area contributed by atoms with Crippen LogP contribution in [0.2, 0.25) is 0 Å². The van der Waals surface area contributed by atoms with Crippen LogP contribution in [0, 0.1) is 0 Å². The predicted molar refractivity (Wildman–Crippen MR) is 78.7 cm³/mol. The van der Waals surface area contributed by atoms with E-state index in [0.29, 0.717) is 0 Å². The van der Waals surface area contributed by atoms with Gasteiger partial charge in [-0.2, -0.15) is 0 Å². The van der Waals surface area contributed by atoms with E-state index in [1.165, 1.54) is 25.3 Å². The number of esters is 1. The third-order valence-corrected chi connectivity index (χ3v) is 3.63. The number of allylic oxidation sites excluding steroid dienone is 1. The van der Waals surface area contributed by atoms with Crippen molar-refractivity contribution in [2.75, 3.05) is 7.11 Å². The van der Waals surface area contributed by atoms with Crippen LogP contribution in [0.4, 0.5) is 0 Å². The average Bonchev–Trinajstić information content (AvgIpc) is 2.47. The number of hydrogen-bond acceptors (Lipinski definition) is 3. The summed E-state index contributed by atoms with van der Waals surface area (Å²) in [5.74, 6) is 0.578. The lowest BCUT2D eigenvalue weighted by molar-refractivity contribution is -0.146. The first-order chi connectivity index (χ1) is 9.69. The number of hydrogen-bond donors (Lipinski definition) is 0. The van der Waals surface area contributed by atoms with Crippen molar-refractivity contribution in [2.45, 2.75) is 45.1 Å². The minimum absolute atomic E-state index is 0.192. The summed E-state index contributed by atoms with van der Waals surface area (Å²) < 4.78 is 10.7. The van der Waals surface area contributed by atoms with E-state index < -0.39 is 0 Å². The van der Waals surface area contributed by atoms with Gasteiger partial charge < -0.3 is 9.47 Å². The van der Waals surface area contributed by atoms with Crippen molar-refractivity contribution in [2.24, 2.45) is 0 Å². The van der Waals surface area contributed by atoms with Crippen molar-refractivity contribution < 1.29 is 14.3 Å². The van der Waals surface area contributed by atoms with Gasteiger partial charge in [0.2, 0.25) is 0 Å². The SMILES string of the molecule is COc1ccc(C(CC2=CCCCC2)OC(C)=O)cc1. The fourth-order valence-electron chi connectivity index (χ4n) is 2.57. The second kappa shape index (κ2) is 7.13. The van der Waals surface area contributed by atoms with Gasteiger partial charge >= 0.3 is 5.97 Å². The van der Waals surface area contributed by atoms with E-state index >= 15 is 0 Å². The topological polar surface area (TPSA) is 35.5 Å². The molecule has 1 aromatic carbocycles. The first kappa shape index (κ1) is 14.6. The van der Waals surface area contributed by atoms with Gasteiger partial charge in [-0.25, -0.2) is 0 Å². The molecule has 0 saturated heterocycles. The lowest BCUT2D eigenvalue weighted by Gasteiger charge is -2.21. The van der Waals surface area contributed by atoms with Crippen molar-refractivity contribution in [1.29, 1.82) is 0 Å². The number of carbonyl (C=O) groups is 1. The highest BCUT2D eigenvalue weighted by atomic mass is 16.5. The molecule has 1 aliphatic carbocycles. The second-order valence-electron chi connectivity index (χ2n) is 5.18. The summed E-state index contributed by atoms with van der Waals surface area (Å²) in [6.07, 6.45) is 7.67. The molecule has 2 rings (SSSR count). The van der Waals surface area contributed by atoms with Gasteiger partial charge in [0.05, 0.1) is 7.11 Å². The van der Waals surface area contributed by atoms with E-state index in [0.717, 1.165) is 30.6 Å². The highest BCUT2D eigenvalue weighted by molar-refractivity contribution is 5.66. The fourth-order valence-corrected chi connectivity index (χ4v) is 2.57. The molecule has 0 spiro atoms. The van der Waals surface area contributed by atoms with Crippen molar-refractivity contribution in [3.05, 3.63) is 41.5 Å². The Hall–Kier alpha value is -1.77. The Bertz CT molecular complexity index is 474. The molecule has 0 saturated carbocycles. The molecule has 0 bridgehead atoms. The molecule has 0 radical (unpaired) electrons. The summed E-state index contributed by atoms with van der Waals surface area (Å²) >= 11 is 0. The van der Waals surface area contributed by atoms with E-state index in [9.17, 15) is 4.79 Å². The second-order valence-corrected chi connectivity index (χ2v) is 5.18. The summed E-state index contributed by atoms with van der Waals surface area (Å²) in [5.41, 5.74) is 2.42. The van der Waals surface area contributed by atoms with Crippen LogP contribution >= 0.6 is 0 Å². The largest absolute Gasteiger partial charge is 0.497 e. The molecule has 0 heterocycles. The predicted octanol–water partition coefficient (Wildman–Crippen LogP) is 4.19. The Morgan fingerprint density at radius 2 is 2.00 bits per heavy atom. The number of carbonyl (C=O) groups excluding carboxylic acids is 1. The van der Waals surface area contributed by atoms with E-state index in [4.69, 9.17) is 9.47 Å². The van der Waals surface area contributed by atoms with Crippen LogP contribution in [-0.4, -0.2) is 13.1 Å². The molecular formula is C17H22O3. The molecule has 0 aromatic heterocycles. The molecule has 20 heavy (non-hydrogen) atoms. The summed E-state index contributed by atoms with van der Waals surface area (Å²) in [6.45, 7) is 1.46. The smallest absolute Gasteiger partial charge is 0.303 e. The highest BCUT2D eigenvalue weighted by Gasteiger charge is 2.18. The molecule has 1 atom stereocenters. The molecule has 0 fully saturated rings. The zero-order valence-corrected chi connectivity index (χ0v) is 12.2. The van der Waals surface area contributed by atoms with Gasteiger partial charge in [0.15, 0.2) is 0 Å². The van der Waals surface area contributed by atoms with Crippen LogP contribution in [0.15, 0.2) is 35.9 Å². The van der Waals surface area contributed by atoms with Crippen LogP contribution in [-0.2, 0) is 9.53 Å². The molecule has 0 N–H and O–H groups in total. The summed E-state index contributed by atoms with van der Waals surface area (Å²) in [5, 5.41) is 0. The number of benzene rings is 1. The van der Waals surface area contributed by atoms with Crippen molar-refractivity contribution in [1.82, 2.24) is 0 Å². The Kier molecular flexibility index (Phi) is 5.22. The molecule has 1 aromatic rings. The maximum atomic E-state index is 11.3. The van der Waals surface area contributed by atoms with Gasteiger partial charge in [-0.1, -0.05) is 23.8 Å². The fraction of sp³-hybridized carbons (Fsp3) is 0.471. The molecule has 1 unspecified atom stereocenters. The summed E-state index contributed by atoms with van der Waals surface area (Å²) in [4.78, 5) is 11.3. The minimum atomic E-state index is -0.234. The maximum absolute atomic E-state index is 11.3. The highest BCUT2D eigenvalue weighted by Crippen LogP contribution is 2.31. The Morgan fingerprint density at radius 1 is 1.25 bits per heavy atom. The average molecular weight is 274 g/mol.